The Bertz CT molecular complexity index is 79.7. The van der Waals surface area contributed by atoms with E-state index in [0.29, 0.717) is 0 Å². The van der Waals surface area contributed by atoms with Gasteiger partial charge in [0.15, 0.2) is 0 Å². The molecule has 0 aliphatic carbocycles. The van der Waals surface area contributed by atoms with E-state index in [1.807, 2.05) is 29.3 Å². The maximum absolute atomic E-state index is 3.74. The Balaban J connectivity index is 3.38. The van der Waals surface area contributed by atoms with Gasteiger partial charge in [-0.15, -0.1) is 6.58 Å². The minimum Gasteiger partial charge on any atom is -0.195 e. The molecule has 0 aromatic rings. The van der Waals surface area contributed by atoms with Crippen LogP contribution in [0.5, 0.6) is 0 Å². The zero-order chi connectivity index (χ0) is 7.82. The zero-order valence-electron chi connectivity index (χ0n) is 6.80. The fourth-order valence-corrected chi connectivity index (χ4v) is 3.18. The summed E-state index contributed by atoms with van der Waals surface area (Å²) in [6, 6.07) is 0. The van der Waals surface area contributed by atoms with Crippen LogP contribution in [0.2, 0.25) is 6.32 Å². The molecule has 0 aliphatic rings. The first kappa shape index (κ1) is 10.5. The molecular weight excluding hydrogens is 159 g/mol. The molecule has 0 bridgehead atoms. The third-order valence-corrected chi connectivity index (χ3v) is 3.68. The molecule has 58 valence electrons. The minimum atomic E-state index is 0.743. The first-order valence-electron chi connectivity index (χ1n) is 3.69. The molecule has 0 rings (SSSR count). The summed E-state index contributed by atoms with van der Waals surface area (Å²) in [6.07, 6.45) is 3.15. The third kappa shape index (κ3) is 5.30. The van der Waals surface area contributed by atoms with Crippen molar-refractivity contribution >= 4 is 28.5 Å². The van der Waals surface area contributed by atoms with Gasteiger partial charge in [-0.1, -0.05) is 19.9 Å². The summed E-state index contributed by atoms with van der Waals surface area (Å²) < 4.78 is 0. The molecule has 0 radical (unpaired) electrons. The average molecular weight is 174 g/mol. The van der Waals surface area contributed by atoms with E-state index in [-0.39, 0.29) is 0 Å². The minimum absolute atomic E-state index is 0.743. The molecule has 0 fully saturated rings. The summed E-state index contributed by atoms with van der Waals surface area (Å²) in [4.78, 5) is 0. The van der Waals surface area contributed by atoms with Crippen molar-refractivity contribution in [2.45, 2.75) is 20.2 Å². The number of rotatable bonds is 6. The Hall–Kier alpha value is 0.505. The smallest absolute Gasteiger partial charge is 0.195 e. The van der Waals surface area contributed by atoms with Crippen molar-refractivity contribution in [1.29, 1.82) is 0 Å². The van der Waals surface area contributed by atoms with Crippen LogP contribution in [0.4, 0.5) is 0 Å². The summed E-state index contributed by atoms with van der Waals surface area (Å²) >= 11 is 4.03. The standard InChI is InChI=1S/C7H15BS2/c1-4-7-8(9-5-2)10-6-3/h4H,1,5-7H2,2-3H3. The van der Waals surface area contributed by atoms with Gasteiger partial charge >= 0.3 is 0 Å². The van der Waals surface area contributed by atoms with E-state index in [2.05, 4.69) is 20.4 Å². The highest BCUT2D eigenvalue weighted by atomic mass is 32.2. The van der Waals surface area contributed by atoms with E-state index in [4.69, 9.17) is 0 Å². The normalized spacial score (nSPS) is 9.40. The molecule has 0 N–H and O–H groups in total. The molecule has 0 unspecified atom stereocenters. The molecule has 0 spiro atoms. The predicted octanol–water partition coefficient (Wildman–Crippen LogP) is 3.17. The topological polar surface area (TPSA) is 0 Å². The van der Waals surface area contributed by atoms with Crippen molar-refractivity contribution in [3.8, 4) is 0 Å². The first-order chi connectivity index (χ1) is 4.85. The van der Waals surface area contributed by atoms with Crippen LogP contribution < -0.4 is 0 Å². The van der Waals surface area contributed by atoms with Gasteiger partial charge in [-0.25, -0.2) is 0 Å². The molecule has 0 heterocycles. The lowest BCUT2D eigenvalue weighted by Crippen LogP contribution is -2.01. The van der Waals surface area contributed by atoms with E-state index in [1.54, 1.807) is 0 Å². The Morgan fingerprint density at radius 1 is 1.30 bits per heavy atom. The Morgan fingerprint density at radius 3 is 2.10 bits per heavy atom. The predicted molar refractivity (Wildman–Crippen MR) is 57.0 cm³/mol. The molecule has 0 aliphatic heterocycles. The molecule has 0 amide bonds. The number of hydrogen-bond acceptors (Lipinski definition) is 2. The van der Waals surface area contributed by atoms with Gasteiger partial charge in [0.2, 0.25) is 0 Å². The highest BCUT2D eigenvalue weighted by molar-refractivity contribution is 8.54. The molecule has 0 saturated heterocycles. The Morgan fingerprint density at radius 2 is 1.80 bits per heavy atom. The Kier molecular flexibility index (Phi) is 7.99. The van der Waals surface area contributed by atoms with E-state index in [1.165, 1.54) is 11.5 Å². The van der Waals surface area contributed by atoms with Crippen molar-refractivity contribution in [3.63, 3.8) is 0 Å². The summed E-state index contributed by atoms with van der Waals surface area (Å²) in [6.45, 7) is 8.15. The highest BCUT2D eigenvalue weighted by Crippen LogP contribution is 2.22. The van der Waals surface area contributed by atoms with Gasteiger partial charge < -0.3 is 0 Å². The van der Waals surface area contributed by atoms with Crippen molar-refractivity contribution in [3.05, 3.63) is 12.7 Å². The largest absolute Gasteiger partial charge is 0.277 e. The molecule has 10 heavy (non-hydrogen) atoms. The summed E-state index contributed by atoms with van der Waals surface area (Å²) in [7, 11) is 0. The molecular formula is C7H15BS2. The fraction of sp³-hybridized carbons (Fsp3) is 0.714. The average Bonchev–Trinajstić information content (AvgIpc) is 1.90. The quantitative estimate of drug-likeness (QED) is 0.448. The number of allylic oxidation sites excluding steroid dienone is 1. The van der Waals surface area contributed by atoms with Crippen LogP contribution in [0.15, 0.2) is 12.7 Å². The second-order valence-corrected chi connectivity index (χ2v) is 5.12. The van der Waals surface area contributed by atoms with Crippen molar-refractivity contribution in [1.82, 2.24) is 0 Å². The third-order valence-electron chi connectivity index (χ3n) is 1.06. The van der Waals surface area contributed by atoms with Crippen LogP contribution in [-0.4, -0.2) is 16.8 Å². The van der Waals surface area contributed by atoms with Gasteiger partial charge in [0.25, 0.3) is 5.27 Å². The Labute approximate surface area is 73.1 Å². The monoisotopic (exact) mass is 174 g/mol. The molecule has 0 aromatic carbocycles. The van der Waals surface area contributed by atoms with Gasteiger partial charge in [0.05, 0.1) is 0 Å². The lowest BCUT2D eigenvalue weighted by atomic mass is 10.0. The van der Waals surface area contributed by atoms with Gasteiger partial charge in [-0.3, -0.25) is 0 Å². The maximum atomic E-state index is 3.74. The second kappa shape index (κ2) is 7.61. The van der Waals surface area contributed by atoms with Gasteiger partial charge in [0.1, 0.15) is 0 Å². The van der Waals surface area contributed by atoms with Crippen LogP contribution in [0, 0.1) is 0 Å². The highest BCUT2D eigenvalue weighted by Gasteiger charge is 2.09. The number of hydrogen-bond donors (Lipinski definition) is 0. The van der Waals surface area contributed by atoms with Crippen molar-refractivity contribution in [2.24, 2.45) is 0 Å². The fourth-order valence-electron chi connectivity index (χ4n) is 0.692. The van der Waals surface area contributed by atoms with Crippen molar-refractivity contribution < 1.29 is 0 Å². The van der Waals surface area contributed by atoms with Crippen LogP contribution >= 0.6 is 23.2 Å². The van der Waals surface area contributed by atoms with Gasteiger partial charge in [-0.05, 0) is 17.8 Å². The van der Waals surface area contributed by atoms with Crippen LogP contribution in [0.3, 0.4) is 0 Å². The van der Waals surface area contributed by atoms with Gasteiger partial charge in [-0.2, -0.15) is 23.2 Å². The zero-order valence-corrected chi connectivity index (χ0v) is 8.43. The van der Waals surface area contributed by atoms with Crippen LogP contribution in [0.25, 0.3) is 0 Å². The first-order valence-corrected chi connectivity index (χ1v) is 5.79. The lowest BCUT2D eigenvalue weighted by molar-refractivity contribution is 1.53. The summed E-state index contributed by atoms with van der Waals surface area (Å²) in [5.74, 6) is 2.43. The maximum Gasteiger partial charge on any atom is 0.277 e. The molecule has 0 atom stereocenters. The SMILES string of the molecule is C=CCB(SCC)SCC. The lowest BCUT2D eigenvalue weighted by Gasteiger charge is -2.06. The molecule has 0 aromatic heterocycles. The van der Waals surface area contributed by atoms with Crippen LogP contribution in [-0.2, 0) is 0 Å². The summed E-state index contributed by atoms with van der Waals surface area (Å²) in [5.41, 5.74) is 0. The second-order valence-electron chi connectivity index (χ2n) is 1.86. The van der Waals surface area contributed by atoms with E-state index in [9.17, 15) is 0 Å². The van der Waals surface area contributed by atoms with E-state index >= 15 is 0 Å². The van der Waals surface area contributed by atoms with Gasteiger partial charge in [0, 0.05) is 0 Å². The molecule has 3 heteroatoms. The van der Waals surface area contributed by atoms with Crippen molar-refractivity contribution in [2.75, 3.05) is 11.5 Å². The van der Waals surface area contributed by atoms with E-state index < -0.39 is 0 Å². The van der Waals surface area contributed by atoms with E-state index in [0.717, 1.165) is 11.6 Å². The summed E-state index contributed by atoms with van der Waals surface area (Å²) in [5, 5.41) is 0.743. The van der Waals surface area contributed by atoms with Crippen LogP contribution in [0.1, 0.15) is 13.8 Å². The molecule has 0 saturated carbocycles. The molecule has 0 nitrogen and oxygen atoms in total.